The predicted octanol–water partition coefficient (Wildman–Crippen LogP) is 3.09. The van der Waals surface area contributed by atoms with Crippen LogP contribution in [0.5, 0.6) is 0 Å². The first-order chi connectivity index (χ1) is 8.68. The van der Waals surface area contributed by atoms with Crippen LogP contribution in [0.3, 0.4) is 0 Å². The Morgan fingerprint density at radius 1 is 1.22 bits per heavy atom. The summed E-state index contributed by atoms with van der Waals surface area (Å²) < 4.78 is 0. The summed E-state index contributed by atoms with van der Waals surface area (Å²) in [5, 5.41) is 11.0. The van der Waals surface area contributed by atoms with Crippen molar-refractivity contribution in [3.8, 4) is 0 Å². The quantitative estimate of drug-likeness (QED) is 0.466. The summed E-state index contributed by atoms with van der Waals surface area (Å²) in [7, 11) is 0. The first-order valence-corrected chi connectivity index (χ1v) is 6.40. The lowest BCUT2D eigenvalue weighted by atomic mass is 9.81. The number of hydrogen-bond donors (Lipinski definition) is 0. The average Bonchev–Trinajstić information content (AvgIpc) is 2.40. The topological polar surface area (TPSA) is 60.2 Å². The molecule has 2 atom stereocenters. The van der Waals surface area contributed by atoms with Gasteiger partial charge in [-0.25, -0.2) is 0 Å². The minimum atomic E-state index is -0.536. The zero-order valence-corrected chi connectivity index (χ0v) is 10.2. The van der Waals surface area contributed by atoms with Crippen molar-refractivity contribution in [1.82, 2.24) is 0 Å². The Labute approximate surface area is 106 Å². The molecule has 1 fully saturated rings. The number of benzene rings is 1. The van der Waals surface area contributed by atoms with Gasteiger partial charge in [0.05, 0.1) is 0 Å². The van der Waals surface area contributed by atoms with Crippen molar-refractivity contribution in [3.63, 3.8) is 0 Å². The van der Waals surface area contributed by atoms with E-state index in [-0.39, 0.29) is 16.6 Å². The van der Waals surface area contributed by atoms with E-state index in [2.05, 4.69) is 0 Å². The van der Waals surface area contributed by atoms with Gasteiger partial charge in [0.2, 0.25) is 6.04 Å². The van der Waals surface area contributed by atoms with Crippen molar-refractivity contribution in [2.24, 2.45) is 5.92 Å². The maximum atomic E-state index is 12.1. The van der Waals surface area contributed by atoms with Crippen LogP contribution >= 0.6 is 0 Å². The standard InChI is InChI=1S/C14H17NO3/c16-14(11-6-2-1-3-7-11)10-12-8-4-5-9-13(12)15(17)18/h1-3,6-7,12-13H,4-5,8-10H2/t12-,13-/m0/s1. The summed E-state index contributed by atoms with van der Waals surface area (Å²) >= 11 is 0. The van der Waals surface area contributed by atoms with Gasteiger partial charge in [-0.15, -0.1) is 0 Å². The van der Waals surface area contributed by atoms with Gasteiger partial charge >= 0.3 is 0 Å². The van der Waals surface area contributed by atoms with Crippen LogP contribution in [-0.4, -0.2) is 16.7 Å². The Bertz CT molecular complexity index is 430. The summed E-state index contributed by atoms with van der Waals surface area (Å²) in [5.74, 6) is -0.0733. The van der Waals surface area contributed by atoms with Crippen LogP contribution in [-0.2, 0) is 0 Å². The number of ketones is 1. The number of rotatable bonds is 4. The number of nitrogens with zero attached hydrogens (tertiary/aromatic N) is 1. The molecular weight excluding hydrogens is 230 g/mol. The monoisotopic (exact) mass is 247 g/mol. The number of carbonyl (C=O) groups is 1. The Hall–Kier alpha value is -1.71. The molecule has 4 heteroatoms. The number of Topliss-reactive ketones (excluding diaryl/α,β-unsaturated/α-hetero) is 1. The number of carbonyl (C=O) groups excluding carboxylic acids is 1. The van der Waals surface area contributed by atoms with E-state index in [0.29, 0.717) is 18.4 Å². The van der Waals surface area contributed by atoms with Gasteiger partial charge in [-0.2, -0.15) is 0 Å². The van der Waals surface area contributed by atoms with Crippen LogP contribution in [0.15, 0.2) is 30.3 Å². The minimum Gasteiger partial charge on any atom is -0.294 e. The van der Waals surface area contributed by atoms with Gasteiger partial charge in [0, 0.05) is 29.2 Å². The van der Waals surface area contributed by atoms with Gasteiger partial charge in [-0.3, -0.25) is 14.9 Å². The van der Waals surface area contributed by atoms with Crippen LogP contribution in [0.2, 0.25) is 0 Å². The zero-order chi connectivity index (χ0) is 13.0. The molecule has 0 bridgehead atoms. The molecule has 1 saturated carbocycles. The van der Waals surface area contributed by atoms with E-state index in [1.165, 1.54) is 0 Å². The van der Waals surface area contributed by atoms with Crippen molar-refractivity contribution in [2.45, 2.75) is 38.1 Å². The lowest BCUT2D eigenvalue weighted by molar-refractivity contribution is -0.535. The fraction of sp³-hybridized carbons (Fsp3) is 0.500. The summed E-state index contributed by atoms with van der Waals surface area (Å²) in [6.45, 7) is 0. The van der Waals surface area contributed by atoms with Crippen molar-refractivity contribution >= 4 is 5.78 Å². The molecule has 18 heavy (non-hydrogen) atoms. The Morgan fingerprint density at radius 2 is 1.89 bits per heavy atom. The van der Waals surface area contributed by atoms with Crippen LogP contribution in [0.1, 0.15) is 42.5 Å². The van der Waals surface area contributed by atoms with Gasteiger partial charge < -0.3 is 0 Å². The molecule has 0 N–H and O–H groups in total. The van der Waals surface area contributed by atoms with Crippen molar-refractivity contribution in [2.75, 3.05) is 0 Å². The van der Waals surface area contributed by atoms with E-state index < -0.39 is 6.04 Å². The molecule has 0 amide bonds. The highest BCUT2D eigenvalue weighted by atomic mass is 16.6. The lowest BCUT2D eigenvalue weighted by Gasteiger charge is -2.24. The molecule has 4 nitrogen and oxygen atoms in total. The Balaban J connectivity index is 2.03. The van der Waals surface area contributed by atoms with Crippen molar-refractivity contribution < 1.29 is 9.72 Å². The maximum absolute atomic E-state index is 12.1. The average molecular weight is 247 g/mol. The van der Waals surface area contributed by atoms with Crippen LogP contribution in [0.4, 0.5) is 0 Å². The molecule has 1 aromatic carbocycles. The van der Waals surface area contributed by atoms with Gasteiger partial charge in [-0.05, 0) is 12.8 Å². The normalized spacial score (nSPS) is 23.6. The summed E-state index contributed by atoms with van der Waals surface area (Å²) in [4.78, 5) is 22.8. The van der Waals surface area contributed by atoms with Gasteiger partial charge in [0.1, 0.15) is 0 Å². The molecule has 96 valence electrons. The summed E-state index contributed by atoms with van der Waals surface area (Å²) in [6.07, 6.45) is 3.61. The molecule has 0 radical (unpaired) electrons. The van der Waals surface area contributed by atoms with Crippen molar-refractivity contribution in [3.05, 3.63) is 46.0 Å². The second-order valence-corrected chi connectivity index (χ2v) is 4.89. The second kappa shape index (κ2) is 5.76. The van der Waals surface area contributed by atoms with Crippen LogP contribution in [0.25, 0.3) is 0 Å². The molecule has 0 saturated heterocycles. The maximum Gasteiger partial charge on any atom is 0.216 e. The molecule has 0 unspecified atom stereocenters. The second-order valence-electron chi connectivity index (χ2n) is 4.89. The Morgan fingerprint density at radius 3 is 2.56 bits per heavy atom. The molecule has 1 aromatic rings. The fourth-order valence-electron chi connectivity index (χ4n) is 2.68. The van der Waals surface area contributed by atoms with E-state index in [0.717, 1.165) is 19.3 Å². The lowest BCUT2D eigenvalue weighted by Crippen LogP contribution is -2.33. The fourth-order valence-corrected chi connectivity index (χ4v) is 2.68. The molecule has 2 rings (SSSR count). The van der Waals surface area contributed by atoms with Crippen LogP contribution in [0, 0.1) is 16.0 Å². The highest BCUT2D eigenvalue weighted by Gasteiger charge is 2.35. The SMILES string of the molecule is O=C(C[C@@H]1CCCC[C@@H]1[N+](=O)[O-])c1ccccc1. The van der Waals surface area contributed by atoms with E-state index in [9.17, 15) is 14.9 Å². The highest BCUT2D eigenvalue weighted by molar-refractivity contribution is 5.96. The third kappa shape index (κ3) is 2.94. The molecule has 0 heterocycles. The first-order valence-electron chi connectivity index (χ1n) is 6.40. The summed E-state index contributed by atoms with van der Waals surface area (Å²) in [6, 6.07) is 8.50. The van der Waals surface area contributed by atoms with Gasteiger partial charge in [-0.1, -0.05) is 36.8 Å². The molecule has 0 aromatic heterocycles. The third-order valence-corrected chi connectivity index (χ3v) is 3.68. The van der Waals surface area contributed by atoms with E-state index in [1.54, 1.807) is 12.1 Å². The predicted molar refractivity (Wildman–Crippen MR) is 68.1 cm³/mol. The third-order valence-electron chi connectivity index (χ3n) is 3.68. The first kappa shape index (κ1) is 12.7. The summed E-state index contributed by atoms with van der Waals surface area (Å²) in [5.41, 5.74) is 0.658. The molecule has 1 aliphatic carbocycles. The molecule has 0 spiro atoms. The Kier molecular flexibility index (Phi) is 4.07. The van der Waals surface area contributed by atoms with Crippen LogP contribution < -0.4 is 0 Å². The molecule has 0 aliphatic heterocycles. The van der Waals surface area contributed by atoms with Gasteiger partial charge in [0.25, 0.3) is 0 Å². The minimum absolute atomic E-state index is 0.0225. The van der Waals surface area contributed by atoms with Gasteiger partial charge in [0.15, 0.2) is 5.78 Å². The smallest absolute Gasteiger partial charge is 0.216 e. The largest absolute Gasteiger partial charge is 0.294 e. The van der Waals surface area contributed by atoms with Crippen molar-refractivity contribution in [1.29, 1.82) is 0 Å². The van der Waals surface area contributed by atoms with E-state index in [1.807, 2.05) is 18.2 Å². The number of nitro groups is 1. The number of hydrogen-bond acceptors (Lipinski definition) is 3. The highest BCUT2D eigenvalue weighted by Crippen LogP contribution is 2.29. The van der Waals surface area contributed by atoms with E-state index >= 15 is 0 Å². The molecular formula is C14H17NO3. The molecule has 1 aliphatic rings. The van der Waals surface area contributed by atoms with E-state index in [4.69, 9.17) is 0 Å². The zero-order valence-electron chi connectivity index (χ0n) is 10.2.